The number of anilines is 1. The number of alkyl carbamates (subject to hydrolysis) is 1. The number of hydrogen-bond acceptors (Lipinski definition) is 5. The van der Waals surface area contributed by atoms with Crippen molar-refractivity contribution in [2.45, 2.75) is 71.4 Å². The van der Waals surface area contributed by atoms with E-state index in [0.717, 1.165) is 35.4 Å². The number of aryl methyl sites for hydroxylation is 1. The van der Waals surface area contributed by atoms with E-state index in [1.165, 1.54) is 6.07 Å². The first-order valence-electron chi connectivity index (χ1n) is 11.7. The molecule has 2 aromatic heterocycles. The summed E-state index contributed by atoms with van der Waals surface area (Å²) in [5.41, 5.74) is 0.615. The predicted octanol–water partition coefficient (Wildman–Crippen LogP) is 4.06. The molecule has 2 aliphatic rings. The van der Waals surface area contributed by atoms with Gasteiger partial charge in [0.1, 0.15) is 11.2 Å². The van der Waals surface area contributed by atoms with Gasteiger partial charge >= 0.3 is 12.1 Å². The van der Waals surface area contributed by atoms with E-state index in [0.29, 0.717) is 29.9 Å². The number of rotatable bonds is 4. The number of carboxylic acid groups (broad SMARTS) is 1. The van der Waals surface area contributed by atoms with Crippen LogP contribution in [0.15, 0.2) is 17.1 Å². The summed E-state index contributed by atoms with van der Waals surface area (Å²) < 4.78 is 22.0. The van der Waals surface area contributed by atoms with E-state index in [-0.39, 0.29) is 23.4 Å². The lowest BCUT2D eigenvalue weighted by Crippen LogP contribution is -2.51. The van der Waals surface area contributed by atoms with Crippen LogP contribution in [0.3, 0.4) is 0 Å². The number of amides is 1. The number of piperidine rings is 1. The van der Waals surface area contributed by atoms with Crippen molar-refractivity contribution in [1.82, 2.24) is 9.72 Å². The number of aromatic carboxylic acids is 1. The minimum atomic E-state index is -1.32. The molecule has 2 N–H and O–H groups in total. The molecule has 1 saturated heterocycles. The maximum Gasteiger partial charge on any atom is 0.407 e. The van der Waals surface area contributed by atoms with Gasteiger partial charge < -0.3 is 20.1 Å². The van der Waals surface area contributed by atoms with E-state index in [2.05, 4.69) is 5.32 Å². The summed E-state index contributed by atoms with van der Waals surface area (Å²) in [6, 6.07) is 1.23. The number of hydrogen-bond donors (Lipinski definition) is 2. The second kappa shape index (κ2) is 8.60. The zero-order valence-electron chi connectivity index (χ0n) is 20.3. The lowest BCUT2D eigenvalue weighted by atomic mass is 9.94. The Kier molecular flexibility index (Phi) is 6.08. The standard InChI is InChI=1S/C25H32FN3O5/c1-13-8-16(27-24(33)34-25(3,4)5)11-28(10-13)21-14(2)20-17(15-6-7-15)9-18(23(31)32)22(30)29(20)12-19(21)26/h9,12-13,15-16H,6-8,10-11H2,1-5H3,(H,27,33)(H,31,32)/t13-,16-/m0/s1. The number of pyridine rings is 2. The Labute approximate surface area is 197 Å². The van der Waals surface area contributed by atoms with Gasteiger partial charge in [0.2, 0.25) is 0 Å². The summed E-state index contributed by atoms with van der Waals surface area (Å²) in [6.07, 6.45) is 3.14. The number of nitrogens with one attached hydrogen (secondary N) is 1. The zero-order valence-corrected chi connectivity index (χ0v) is 20.3. The average Bonchev–Trinajstić information content (AvgIpc) is 3.51. The molecule has 1 aliphatic heterocycles. The van der Waals surface area contributed by atoms with Gasteiger partial charge in [-0.2, -0.15) is 0 Å². The van der Waals surface area contributed by atoms with Crippen molar-refractivity contribution in [3.8, 4) is 0 Å². The van der Waals surface area contributed by atoms with Gasteiger partial charge in [-0.05, 0) is 76.0 Å². The number of carboxylic acids is 1. The number of carbonyl (C=O) groups is 2. The molecule has 1 saturated carbocycles. The highest BCUT2D eigenvalue weighted by molar-refractivity contribution is 5.89. The molecule has 184 valence electrons. The van der Waals surface area contributed by atoms with Crippen LogP contribution in [0, 0.1) is 18.7 Å². The third-order valence-electron chi connectivity index (χ3n) is 6.39. The average molecular weight is 474 g/mol. The van der Waals surface area contributed by atoms with E-state index in [1.807, 2.05) is 11.8 Å². The molecular weight excluding hydrogens is 441 g/mol. The number of fused-ring (bicyclic) bond motifs is 1. The normalized spacial score (nSPS) is 20.9. The van der Waals surface area contributed by atoms with Crippen LogP contribution in [0.4, 0.5) is 14.9 Å². The molecule has 0 bridgehead atoms. The van der Waals surface area contributed by atoms with Crippen molar-refractivity contribution in [3.05, 3.63) is 45.1 Å². The molecule has 2 aromatic rings. The van der Waals surface area contributed by atoms with Gasteiger partial charge in [0, 0.05) is 19.1 Å². The summed E-state index contributed by atoms with van der Waals surface area (Å²) in [4.78, 5) is 38.7. The number of carbonyl (C=O) groups excluding carboxylic acids is 1. The van der Waals surface area contributed by atoms with Gasteiger partial charge in [-0.15, -0.1) is 0 Å². The van der Waals surface area contributed by atoms with Crippen molar-refractivity contribution >= 4 is 23.3 Å². The quantitative estimate of drug-likeness (QED) is 0.695. The Balaban J connectivity index is 1.74. The number of ether oxygens (including phenoxy) is 1. The van der Waals surface area contributed by atoms with E-state index < -0.39 is 29.0 Å². The first-order chi connectivity index (χ1) is 15.9. The van der Waals surface area contributed by atoms with Crippen LogP contribution in [-0.2, 0) is 4.74 Å². The molecule has 1 amide bonds. The fourth-order valence-electron chi connectivity index (χ4n) is 5.00. The fraction of sp³-hybridized carbons (Fsp3) is 0.560. The minimum Gasteiger partial charge on any atom is -0.477 e. The molecule has 8 nitrogen and oxygen atoms in total. The maximum atomic E-state index is 15.5. The topological polar surface area (TPSA) is 100 Å². The second-order valence-corrected chi connectivity index (χ2v) is 10.7. The lowest BCUT2D eigenvalue weighted by molar-refractivity contribution is 0.0494. The number of aromatic nitrogens is 1. The molecule has 0 aromatic carbocycles. The summed E-state index contributed by atoms with van der Waals surface area (Å²) in [5.74, 6) is -1.57. The molecule has 9 heteroatoms. The Morgan fingerprint density at radius 1 is 1.24 bits per heavy atom. The Bertz CT molecular complexity index is 1210. The van der Waals surface area contributed by atoms with E-state index in [9.17, 15) is 19.5 Å². The van der Waals surface area contributed by atoms with Gasteiger partial charge in [-0.25, -0.2) is 14.0 Å². The third kappa shape index (κ3) is 4.74. The maximum absolute atomic E-state index is 15.5. The molecule has 2 fully saturated rings. The predicted molar refractivity (Wildman–Crippen MR) is 126 cm³/mol. The van der Waals surface area contributed by atoms with Crippen molar-refractivity contribution in [2.75, 3.05) is 18.0 Å². The summed E-state index contributed by atoms with van der Waals surface area (Å²) >= 11 is 0. The van der Waals surface area contributed by atoms with Crippen molar-refractivity contribution in [3.63, 3.8) is 0 Å². The van der Waals surface area contributed by atoms with Gasteiger partial charge in [-0.1, -0.05) is 6.92 Å². The van der Waals surface area contributed by atoms with Gasteiger partial charge in [-0.3, -0.25) is 9.20 Å². The highest BCUT2D eigenvalue weighted by Crippen LogP contribution is 2.44. The molecular formula is C25H32FN3O5. The van der Waals surface area contributed by atoms with E-state index >= 15 is 4.39 Å². The SMILES string of the molecule is Cc1c(N2C[C@@H](C)C[C@H](NC(=O)OC(C)(C)C)C2)c(F)cn2c(=O)c(C(=O)O)cc(C3CC3)c12. The van der Waals surface area contributed by atoms with Gasteiger partial charge in [0.15, 0.2) is 5.82 Å². The van der Waals surface area contributed by atoms with Gasteiger partial charge in [0.05, 0.1) is 17.4 Å². The van der Waals surface area contributed by atoms with Crippen LogP contribution < -0.4 is 15.8 Å². The molecule has 0 unspecified atom stereocenters. The molecule has 0 spiro atoms. The lowest BCUT2D eigenvalue weighted by Gasteiger charge is -2.39. The van der Waals surface area contributed by atoms with Crippen LogP contribution in [0.25, 0.3) is 5.52 Å². The highest BCUT2D eigenvalue weighted by atomic mass is 19.1. The van der Waals surface area contributed by atoms with Crippen molar-refractivity contribution in [1.29, 1.82) is 0 Å². The fourth-order valence-corrected chi connectivity index (χ4v) is 5.00. The number of nitrogens with zero attached hydrogens (tertiary/aromatic N) is 2. The Morgan fingerprint density at radius 2 is 1.91 bits per heavy atom. The molecule has 3 heterocycles. The van der Waals surface area contributed by atoms with Crippen LogP contribution in [0.5, 0.6) is 0 Å². The Hall–Kier alpha value is -3.10. The largest absolute Gasteiger partial charge is 0.477 e. The smallest absolute Gasteiger partial charge is 0.407 e. The molecule has 4 rings (SSSR count). The summed E-state index contributed by atoms with van der Waals surface area (Å²) in [6.45, 7) is 10.2. The summed E-state index contributed by atoms with van der Waals surface area (Å²) in [5, 5.41) is 12.4. The molecule has 34 heavy (non-hydrogen) atoms. The van der Waals surface area contributed by atoms with E-state index in [1.54, 1.807) is 27.7 Å². The highest BCUT2D eigenvalue weighted by Gasteiger charge is 2.33. The molecule has 1 aliphatic carbocycles. The van der Waals surface area contributed by atoms with E-state index in [4.69, 9.17) is 4.74 Å². The second-order valence-electron chi connectivity index (χ2n) is 10.7. The summed E-state index contributed by atoms with van der Waals surface area (Å²) in [7, 11) is 0. The van der Waals surface area contributed by atoms with Gasteiger partial charge in [0.25, 0.3) is 5.56 Å². The van der Waals surface area contributed by atoms with Crippen LogP contribution in [0.2, 0.25) is 0 Å². The Morgan fingerprint density at radius 3 is 2.50 bits per heavy atom. The molecule has 0 radical (unpaired) electrons. The number of halogens is 1. The van der Waals surface area contributed by atoms with Crippen LogP contribution in [0.1, 0.15) is 74.4 Å². The molecule has 2 atom stereocenters. The minimum absolute atomic E-state index is 0.160. The zero-order chi connectivity index (χ0) is 24.9. The van der Waals surface area contributed by atoms with Crippen LogP contribution >= 0.6 is 0 Å². The van der Waals surface area contributed by atoms with Crippen molar-refractivity contribution in [2.24, 2.45) is 5.92 Å². The first-order valence-corrected chi connectivity index (χ1v) is 11.7. The monoisotopic (exact) mass is 473 g/mol. The van der Waals surface area contributed by atoms with Crippen molar-refractivity contribution < 1.29 is 23.8 Å². The van der Waals surface area contributed by atoms with Crippen LogP contribution in [-0.4, -0.2) is 46.3 Å². The third-order valence-corrected chi connectivity index (χ3v) is 6.39. The first kappa shape index (κ1) is 24.0.